The molecule has 5 nitrogen and oxygen atoms in total. The molecule has 1 aromatic carbocycles. The summed E-state index contributed by atoms with van der Waals surface area (Å²) in [6.45, 7) is 1.86. The topological polar surface area (TPSA) is 64.6 Å². The molecule has 0 bridgehead atoms. The van der Waals surface area contributed by atoms with Crippen LogP contribution in [-0.4, -0.2) is 38.6 Å². The van der Waals surface area contributed by atoms with E-state index in [9.17, 15) is 14.0 Å². The number of benzene rings is 1. The van der Waals surface area contributed by atoms with E-state index in [4.69, 9.17) is 9.47 Å². The minimum absolute atomic E-state index is 0.00287. The maximum atomic E-state index is 13.5. The lowest BCUT2D eigenvalue weighted by molar-refractivity contribution is -0.123. The van der Waals surface area contributed by atoms with Gasteiger partial charge in [-0.1, -0.05) is 0 Å². The summed E-state index contributed by atoms with van der Waals surface area (Å²) in [4.78, 5) is 22.3. The fourth-order valence-electron chi connectivity index (χ4n) is 1.36. The number of carbonyl (C=O) groups excluding carboxylic acids is 2. The first-order chi connectivity index (χ1) is 9.04. The summed E-state index contributed by atoms with van der Waals surface area (Å²) in [7, 11) is 1.53. The lowest BCUT2D eigenvalue weighted by Gasteiger charge is -2.08. The minimum atomic E-state index is -0.662. The van der Waals surface area contributed by atoms with E-state index < -0.39 is 5.82 Å². The zero-order valence-electron chi connectivity index (χ0n) is 10.9. The van der Waals surface area contributed by atoms with Gasteiger partial charge in [0.1, 0.15) is 11.6 Å². The summed E-state index contributed by atoms with van der Waals surface area (Å²) in [5, 5.41) is 2.56. The Labute approximate surface area is 110 Å². The van der Waals surface area contributed by atoms with Crippen molar-refractivity contribution in [2.75, 3.05) is 26.9 Å². The molecule has 1 rings (SSSR count). The van der Waals surface area contributed by atoms with Gasteiger partial charge in [-0.05, 0) is 19.1 Å². The van der Waals surface area contributed by atoms with Gasteiger partial charge < -0.3 is 14.8 Å². The maximum Gasteiger partial charge on any atom is 0.258 e. The molecule has 0 saturated heterocycles. The van der Waals surface area contributed by atoms with Crippen LogP contribution in [0, 0.1) is 5.82 Å². The molecule has 0 heterocycles. The van der Waals surface area contributed by atoms with Crippen LogP contribution in [0.2, 0.25) is 0 Å². The van der Waals surface area contributed by atoms with Crippen molar-refractivity contribution in [2.24, 2.45) is 0 Å². The second-order valence-electron chi connectivity index (χ2n) is 3.83. The molecule has 0 spiro atoms. The summed E-state index contributed by atoms with van der Waals surface area (Å²) < 4.78 is 23.3. The molecule has 0 saturated carbocycles. The number of ether oxygens (including phenoxy) is 2. The fourth-order valence-corrected chi connectivity index (χ4v) is 1.36. The van der Waals surface area contributed by atoms with Crippen molar-refractivity contribution in [1.29, 1.82) is 0 Å². The Bertz CT molecular complexity index is 462. The number of rotatable bonds is 7. The Morgan fingerprint density at radius 3 is 2.68 bits per heavy atom. The number of carbonyl (C=O) groups is 2. The Hall–Kier alpha value is -1.95. The van der Waals surface area contributed by atoms with Gasteiger partial charge in [-0.3, -0.25) is 9.59 Å². The van der Waals surface area contributed by atoms with Gasteiger partial charge >= 0.3 is 0 Å². The number of halogens is 1. The molecule has 0 radical (unpaired) electrons. The number of hydrogen-bond acceptors (Lipinski definition) is 4. The van der Waals surface area contributed by atoms with Crippen LogP contribution < -0.4 is 10.1 Å². The summed E-state index contributed by atoms with van der Waals surface area (Å²) in [6.07, 6.45) is 0. The molecule has 0 fully saturated rings. The van der Waals surface area contributed by atoms with E-state index in [1.807, 2.05) is 0 Å². The van der Waals surface area contributed by atoms with E-state index in [1.54, 1.807) is 0 Å². The molecular formula is C13H16FNO4. The monoisotopic (exact) mass is 269 g/mol. The number of Topliss-reactive ketones (excluding diaryl/α,β-unsaturated/α-hetero) is 1. The third kappa shape index (κ3) is 5.05. The number of amides is 1. The Morgan fingerprint density at radius 2 is 2.11 bits per heavy atom. The molecule has 1 aromatic rings. The third-order valence-corrected chi connectivity index (χ3v) is 2.32. The standard InChI is InChI=1S/C13H16FNO4/c1-9(16)11-4-3-10(7-12(11)14)19-8-13(17)15-5-6-18-2/h3-4,7H,5-6,8H2,1-2H3,(H,15,17). The third-order valence-electron chi connectivity index (χ3n) is 2.32. The Balaban J connectivity index is 2.48. The van der Waals surface area contributed by atoms with Gasteiger partial charge in [0.2, 0.25) is 0 Å². The van der Waals surface area contributed by atoms with Crippen molar-refractivity contribution in [1.82, 2.24) is 5.32 Å². The van der Waals surface area contributed by atoms with Crippen LogP contribution in [0.4, 0.5) is 4.39 Å². The molecular weight excluding hydrogens is 253 g/mol. The second-order valence-corrected chi connectivity index (χ2v) is 3.83. The highest BCUT2D eigenvalue weighted by molar-refractivity contribution is 5.94. The summed E-state index contributed by atoms with van der Waals surface area (Å²) >= 11 is 0. The van der Waals surface area contributed by atoms with E-state index in [0.717, 1.165) is 6.07 Å². The van der Waals surface area contributed by atoms with Crippen LogP contribution in [-0.2, 0) is 9.53 Å². The maximum absolute atomic E-state index is 13.5. The summed E-state index contributed by atoms with van der Waals surface area (Å²) in [5.41, 5.74) is -0.00287. The number of methoxy groups -OCH3 is 1. The lowest BCUT2D eigenvalue weighted by Crippen LogP contribution is -2.31. The predicted molar refractivity (Wildman–Crippen MR) is 66.8 cm³/mol. The molecule has 6 heteroatoms. The number of ketones is 1. The normalized spacial score (nSPS) is 10.1. The van der Waals surface area contributed by atoms with Gasteiger partial charge in [0.15, 0.2) is 12.4 Å². The van der Waals surface area contributed by atoms with Gasteiger partial charge in [0, 0.05) is 19.7 Å². The Morgan fingerprint density at radius 1 is 1.37 bits per heavy atom. The van der Waals surface area contributed by atoms with Gasteiger partial charge in [0.25, 0.3) is 5.91 Å². The molecule has 0 aliphatic carbocycles. The largest absolute Gasteiger partial charge is 0.484 e. The molecule has 0 atom stereocenters. The zero-order valence-corrected chi connectivity index (χ0v) is 10.9. The lowest BCUT2D eigenvalue weighted by atomic mass is 10.1. The highest BCUT2D eigenvalue weighted by Gasteiger charge is 2.09. The predicted octanol–water partition coefficient (Wildman–Crippen LogP) is 1.17. The average Bonchev–Trinajstić information content (AvgIpc) is 2.36. The first-order valence-electron chi connectivity index (χ1n) is 5.73. The number of nitrogens with one attached hydrogen (secondary N) is 1. The van der Waals surface area contributed by atoms with Crippen molar-refractivity contribution in [2.45, 2.75) is 6.92 Å². The first kappa shape index (κ1) is 15.1. The molecule has 0 aliphatic rings. The van der Waals surface area contributed by atoms with Crippen LogP contribution in [0.15, 0.2) is 18.2 Å². The van der Waals surface area contributed by atoms with E-state index in [2.05, 4.69) is 5.32 Å². The van der Waals surface area contributed by atoms with Gasteiger partial charge in [-0.15, -0.1) is 0 Å². The SMILES string of the molecule is COCCNC(=O)COc1ccc(C(C)=O)c(F)c1. The molecule has 0 unspecified atom stereocenters. The highest BCUT2D eigenvalue weighted by Crippen LogP contribution is 2.16. The van der Waals surface area contributed by atoms with Crippen LogP contribution in [0.3, 0.4) is 0 Å². The van der Waals surface area contributed by atoms with Gasteiger partial charge in [-0.2, -0.15) is 0 Å². The van der Waals surface area contributed by atoms with Crippen molar-refractivity contribution in [3.05, 3.63) is 29.6 Å². The Kier molecular flexibility index (Phi) is 5.95. The van der Waals surface area contributed by atoms with E-state index in [1.165, 1.54) is 26.2 Å². The van der Waals surface area contributed by atoms with Crippen LogP contribution in [0.1, 0.15) is 17.3 Å². The van der Waals surface area contributed by atoms with Crippen LogP contribution in [0.5, 0.6) is 5.75 Å². The van der Waals surface area contributed by atoms with Crippen LogP contribution in [0.25, 0.3) is 0 Å². The smallest absolute Gasteiger partial charge is 0.258 e. The molecule has 0 aliphatic heterocycles. The van der Waals surface area contributed by atoms with Crippen molar-refractivity contribution in [3.63, 3.8) is 0 Å². The molecule has 104 valence electrons. The quantitative estimate of drug-likeness (QED) is 0.596. The van der Waals surface area contributed by atoms with E-state index in [-0.39, 0.29) is 29.6 Å². The van der Waals surface area contributed by atoms with Crippen LogP contribution >= 0.6 is 0 Å². The highest BCUT2D eigenvalue weighted by atomic mass is 19.1. The first-order valence-corrected chi connectivity index (χ1v) is 5.73. The summed E-state index contributed by atoms with van der Waals surface area (Å²) in [5.74, 6) is -1.15. The van der Waals surface area contributed by atoms with Crippen molar-refractivity contribution in [3.8, 4) is 5.75 Å². The van der Waals surface area contributed by atoms with E-state index >= 15 is 0 Å². The molecule has 1 N–H and O–H groups in total. The molecule has 1 amide bonds. The second kappa shape index (κ2) is 7.48. The number of hydrogen-bond donors (Lipinski definition) is 1. The van der Waals surface area contributed by atoms with Crippen molar-refractivity contribution < 1.29 is 23.5 Å². The van der Waals surface area contributed by atoms with E-state index in [0.29, 0.717) is 13.2 Å². The molecule has 19 heavy (non-hydrogen) atoms. The average molecular weight is 269 g/mol. The summed E-state index contributed by atoms with van der Waals surface area (Å²) in [6, 6.07) is 3.86. The fraction of sp³-hybridized carbons (Fsp3) is 0.385. The van der Waals surface area contributed by atoms with Crippen molar-refractivity contribution >= 4 is 11.7 Å². The molecule has 0 aromatic heterocycles. The van der Waals surface area contributed by atoms with Gasteiger partial charge in [0.05, 0.1) is 12.2 Å². The van der Waals surface area contributed by atoms with Gasteiger partial charge in [-0.25, -0.2) is 4.39 Å². The minimum Gasteiger partial charge on any atom is -0.484 e. The zero-order chi connectivity index (χ0) is 14.3.